The minimum atomic E-state index is -3.45. The van der Waals surface area contributed by atoms with E-state index >= 15 is 0 Å². The van der Waals surface area contributed by atoms with Crippen molar-refractivity contribution in [2.75, 3.05) is 26.2 Å². The van der Waals surface area contributed by atoms with Gasteiger partial charge in [-0.3, -0.25) is 4.79 Å². The van der Waals surface area contributed by atoms with Crippen molar-refractivity contribution in [3.8, 4) is 0 Å². The number of benzene rings is 1. The fraction of sp³-hybridized carbons (Fsp3) is 0.333. The predicted molar refractivity (Wildman–Crippen MR) is 102 cm³/mol. The monoisotopic (exact) mass is 405 g/mol. The number of rotatable bonds is 5. The SMILES string of the molecule is O=C(CCc1nc2ccccc2o1)N1CCN(S(=O)(=O)c2cccs2)CC1. The number of piperazine rings is 1. The van der Waals surface area contributed by atoms with E-state index in [2.05, 4.69) is 4.98 Å². The first-order valence-electron chi connectivity index (χ1n) is 8.70. The maximum atomic E-state index is 12.5. The van der Waals surface area contributed by atoms with E-state index in [-0.39, 0.29) is 5.91 Å². The van der Waals surface area contributed by atoms with Gasteiger partial charge < -0.3 is 9.32 Å². The van der Waals surface area contributed by atoms with Crippen LogP contribution in [-0.4, -0.2) is 54.7 Å². The summed E-state index contributed by atoms with van der Waals surface area (Å²) >= 11 is 1.21. The summed E-state index contributed by atoms with van der Waals surface area (Å²) in [6, 6.07) is 10.8. The molecule has 0 spiro atoms. The molecule has 0 aliphatic carbocycles. The Labute approximate surface area is 161 Å². The van der Waals surface area contributed by atoms with E-state index in [1.54, 1.807) is 22.4 Å². The van der Waals surface area contributed by atoms with Crippen LogP contribution >= 0.6 is 11.3 Å². The van der Waals surface area contributed by atoms with Gasteiger partial charge in [0.25, 0.3) is 10.0 Å². The van der Waals surface area contributed by atoms with Crippen LogP contribution in [-0.2, 0) is 21.2 Å². The molecule has 0 N–H and O–H groups in total. The highest BCUT2D eigenvalue weighted by Crippen LogP contribution is 2.22. The number of carbonyl (C=O) groups is 1. The molecule has 3 heterocycles. The van der Waals surface area contributed by atoms with Crippen molar-refractivity contribution >= 4 is 38.4 Å². The Balaban J connectivity index is 1.32. The fourth-order valence-electron chi connectivity index (χ4n) is 3.11. The lowest BCUT2D eigenvalue weighted by atomic mass is 10.2. The number of sulfonamides is 1. The summed E-state index contributed by atoms with van der Waals surface area (Å²) in [5.41, 5.74) is 1.50. The van der Waals surface area contributed by atoms with Crippen LogP contribution in [0.5, 0.6) is 0 Å². The van der Waals surface area contributed by atoms with E-state index in [0.717, 1.165) is 5.52 Å². The van der Waals surface area contributed by atoms with E-state index in [1.807, 2.05) is 24.3 Å². The topological polar surface area (TPSA) is 83.7 Å². The smallest absolute Gasteiger partial charge is 0.252 e. The van der Waals surface area contributed by atoms with Gasteiger partial charge >= 0.3 is 0 Å². The van der Waals surface area contributed by atoms with Crippen molar-refractivity contribution < 1.29 is 17.6 Å². The van der Waals surface area contributed by atoms with E-state index in [4.69, 9.17) is 4.42 Å². The van der Waals surface area contributed by atoms with Crippen molar-refractivity contribution in [3.63, 3.8) is 0 Å². The molecule has 1 aromatic carbocycles. The highest BCUT2D eigenvalue weighted by molar-refractivity contribution is 7.91. The summed E-state index contributed by atoms with van der Waals surface area (Å²) in [5, 5.41) is 1.75. The lowest BCUT2D eigenvalue weighted by molar-refractivity contribution is -0.132. The molecule has 4 rings (SSSR count). The summed E-state index contributed by atoms with van der Waals surface area (Å²) in [6.45, 7) is 1.43. The number of amides is 1. The maximum absolute atomic E-state index is 12.5. The number of hydrogen-bond donors (Lipinski definition) is 0. The van der Waals surface area contributed by atoms with E-state index in [0.29, 0.717) is 54.7 Å². The van der Waals surface area contributed by atoms with Crippen LogP contribution in [0.25, 0.3) is 11.1 Å². The van der Waals surface area contributed by atoms with E-state index < -0.39 is 10.0 Å². The first-order chi connectivity index (χ1) is 13.0. The zero-order chi connectivity index (χ0) is 18.9. The number of thiophene rings is 1. The molecule has 1 aliphatic rings. The third-order valence-electron chi connectivity index (χ3n) is 4.57. The first kappa shape index (κ1) is 18.1. The lowest BCUT2D eigenvalue weighted by Gasteiger charge is -2.33. The van der Waals surface area contributed by atoms with Gasteiger partial charge in [-0.25, -0.2) is 13.4 Å². The number of para-hydroxylation sites is 2. The van der Waals surface area contributed by atoms with Crippen molar-refractivity contribution in [1.82, 2.24) is 14.2 Å². The van der Waals surface area contributed by atoms with Crippen molar-refractivity contribution in [1.29, 1.82) is 0 Å². The summed E-state index contributed by atoms with van der Waals surface area (Å²) in [6.07, 6.45) is 0.728. The van der Waals surface area contributed by atoms with Crippen molar-refractivity contribution in [3.05, 3.63) is 47.7 Å². The number of carbonyl (C=O) groups excluding carboxylic acids is 1. The molecule has 0 bridgehead atoms. The highest BCUT2D eigenvalue weighted by atomic mass is 32.2. The Morgan fingerprint density at radius 1 is 1.11 bits per heavy atom. The van der Waals surface area contributed by atoms with Crippen LogP contribution in [0.2, 0.25) is 0 Å². The summed E-state index contributed by atoms with van der Waals surface area (Å²) < 4.78 is 32.5. The van der Waals surface area contributed by atoms with Crippen LogP contribution in [0, 0.1) is 0 Å². The molecular formula is C18H19N3O4S2. The van der Waals surface area contributed by atoms with Gasteiger partial charge in [0.2, 0.25) is 5.91 Å². The zero-order valence-electron chi connectivity index (χ0n) is 14.6. The molecule has 1 fully saturated rings. The Bertz CT molecular complexity index is 1000. The molecule has 27 heavy (non-hydrogen) atoms. The second-order valence-electron chi connectivity index (χ2n) is 6.29. The minimum Gasteiger partial charge on any atom is -0.441 e. The molecule has 142 valence electrons. The van der Waals surface area contributed by atoms with E-state index in [9.17, 15) is 13.2 Å². The largest absolute Gasteiger partial charge is 0.441 e. The van der Waals surface area contributed by atoms with Crippen molar-refractivity contribution in [2.45, 2.75) is 17.1 Å². The molecule has 1 saturated heterocycles. The summed E-state index contributed by atoms with van der Waals surface area (Å²) in [4.78, 5) is 18.6. The van der Waals surface area contributed by atoms with Gasteiger partial charge in [0.05, 0.1) is 0 Å². The van der Waals surface area contributed by atoms with Crippen LogP contribution in [0.1, 0.15) is 12.3 Å². The molecule has 1 amide bonds. The Morgan fingerprint density at radius 3 is 2.59 bits per heavy atom. The highest BCUT2D eigenvalue weighted by Gasteiger charge is 2.30. The van der Waals surface area contributed by atoms with Gasteiger partial charge in [-0.05, 0) is 23.6 Å². The minimum absolute atomic E-state index is 0.00886. The molecule has 0 saturated carbocycles. The summed E-state index contributed by atoms with van der Waals surface area (Å²) in [5.74, 6) is 0.536. The van der Waals surface area contributed by atoms with Gasteiger partial charge in [0, 0.05) is 39.0 Å². The zero-order valence-corrected chi connectivity index (χ0v) is 16.2. The van der Waals surface area contributed by atoms with E-state index in [1.165, 1.54) is 15.6 Å². The standard InChI is InChI=1S/C18H19N3O4S2/c22-17(8-7-16-19-14-4-1-2-5-15(14)25-16)20-9-11-21(12-10-20)27(23,24)18-6-3-13-26-18/h1-6,13H,7-12H2. The van der Waals surface area contributed by atoms with Gasteiger partial charge in [0.15, 0.2) is 11.5 Å². The van der Waals surface area contributed by atoms with Crippen LogP contribution in [0.4, 0.5) is 0 Å². The van der Waals surface area contributed by atoms with Gasteiger partial charge in [-0.1, -0.05) is 18.2 Å². The van der Waals surface area contributed by atoms with Crippen molar-refractivity contribution in [2.24, 2.45) is 0 Å². The number of aryl methyl sites for hydroxylation is 1. The molecular weight excluding hydrogens is 386 g/mol. The average Bonchev–Trinajstić information content (AvgIpc) is 3.36. The number of hydrogen-bond acceptors (Lipinski definition) is 6. The molecule has 2 aromatic heterocycles. The van der Waals surface area contributed by atoms with Crippen LogP contribution in [0.15, 0.2) is 50.4 Å². The maximum Gasteiger partial charge on any atom is 0.252 e. The normalized spacial score (nSPS) is 16.1. The van der Waals surface area contributed by atoms with Crippen LogP contribution < -0.4 is 0 Å². The molecule has 1 aliphatic heterocycles. The Hall–Kier alpha value is -2.23. The second kappa shape index (κ2) is 7.41. The van der Waals surface area contributed by atoms with Crippen LogP contribution in [0.3, 0.4) is 0 Å². The van der Waals surface area contributed by atoms with Gasteiger partial charge in [-0.2, -0.15) is 4.31 Å². The number of aromatic nitrogens is 1. The first-order valence-corrected chi connectivity index (χ1v) is 11.0. The molecule has 3 aromatic rings. The van der Waals surface area contributed by atoms with Gasteiger partial charge in [-0.15, -0.1) is 11.3 Å². The molecule has 7 nitrogen and oxygen atoms in total. The Kier molecular flexibility index (Phi) is 4.98. The second-order valence-corrected chi connectivity index (χ2v) is 9.40. The van der Waals surface area contributed by atoms with Gasteiger partial charge in [0.1, 0.15) is 9.73 Å². The fourth-order valence-corrected chi connectivity index (χ4v) is 5.68. The predicted octanol–water partition coefficient (Wildman–Crippen LogP) is 2.36. The number of nitrogens with zero attached hydrogens (tertiary/aromatic N) is 3. The number of fused-ring (bicyclic) bond motifs is 1. The average molecular weight is 406 g/mol. The molecule has 0 unspecified atom stereocenters. The quantitative estimate of drug-likeness (QED) is 0.651. The third-order valence-corrected chi connectivity index (χ3v) is 7.84. The Morgan fingerprint density at radius 2 is 1.89 bits per heavy atom. The molecule has 0 radical (unpaired) electrons. The lowest BCUT2D eigenvalue weighted by Crippen LogP contribution is -2.50. The third kappa shape index (κ3) is 3.76. The molecule has 9 heteroatoms. The number of oxazole rings is 1. The summed E-state index contributed by atoms with van der Waals surface area (Å²) in [7, 11) is -3.45. The molecule has 0 atom stereocenters.